The molecular weight excluding hydrogens is 434 g/mol. The molecule has 0 radical (unpaired) electrons. The van der Waals surface area contributed by atoms with E-state index in [9.17, 15) is 8.42 Å². The first kappa shape index (κ1) is 23.3. The first-order valence-corrected chi connectivity index (χ1v) is 12.8. The third kappa shape index (κ3) is 4.63. The first-order valence-electron chi connectivity index (χ1n) is 11.3. The van der Waals surface area contributed by atoms with Crippen molar-refractivity contribution in [2.45, 2.75) is 46.6 Å². The summed E-state index contributed by atoms with van der Waals surface area (Å²) in [4.78, 5) is 2.66. The summed E-state index contributed by atoms with van der Waals surface area (Å²) in [5.41, 5.74) is 5.88. The second kappa shape index (κ2) is 9.19. The number of allylic oxidation sites excluding steroid dienone is 6. The summed E-state index contributed by atoms with van der Waals surface area (Å²) < 4.78 is 31.6. The van der Waals surface area contributed by atoms with E-state index in [1.165, 1.54) is 0 Å². The molecule has 1 unspecified atom stereocenters. The molecule has 2 heterocycles. The van der Waals surface area contributed by atoms with E-state index in [2.05, 4.69) is 32.2 Å². The lowest BCUT2D eigenvalue weighted by Gasteiger charge is -2.21. The largest absolute Gasteiger partial charge is 0.393 e. The molecule has 7 nitrogen and oxygen atoms in total. The van der Waals surface area contributed by atoms with Crippen LogP contribution in [0.4, 0.5) is 5.69 Å². The molecule has 0 amide bonds. The molecule has 1 atom stereocenters. The van der Waals surface area contributed by atoms with Crippen LogP contribution in [0.3, 0.4) is 0 Å². The third-order valence-electron chi connectivity index (χ3n) is 6.31. The number of hydrogen-bond donors (Lipinski definition) is 2. The van der Waals surface area contributed by atoms with Crippen LogP contribution in [-0.4, -0.2) is 44.4 Å². The van der Waals surface area contributed by atoms with Crippen LogP contribution in [0, 0.1) is 0 Å². The summed E-state index contributed by atoms with van der Waals surface area (Å²) in [6.45, 7) is 9.21. The average Bonchev–Trinajstić information content (AvgIpc) is 3.35. The van der Waals surface area contributed by atoms with Crippen molar-refractivity contribution in [2.24, 2.45) is 0 Å². The summed E-state index contributed by atoms with van der Waals surface area (Å²) in [6, 6.07) is 6.03. The van der Waals surface area contributed by atoms with Crippen LogP contribution in [0.2, 0.25) is 0 Å². The molecule has 1 aliphatic heterocycles. The Morgan fingerprint density at radius 3 is 2.79 bits per heavy atom. The standard InChI is InChI=1S/C25H33N5O2S/c1-17-9-10-18(2)25(19(3)13-17)33(31,32)28-21-11-12-29(16-21)23-7-6-8-24-22(23)15-27-30(24)20(4)14-26-5/h6-8,10,13-15,21,26,28H,9,11-12,16H2,1-5H3/b20-14+. The van der Waals surface area contributed by atoms with Gasteiger partial charge in [0.05, 0.1) is 22.3 Å². The number of nitrogens with one attached hydrogen (secondary N) is 2. The molecule has 4 rings (SSSR count). The lowest BCUT2D eigenvalue weighted by Crippen LogP contribution is -2.38. The van der Waals surface area contributed by atoms with Gasteiger partial charge in [-0.1, -0.05) is 23.8 Å². The number of rotatable bonds is 6. The molecule has 1 aromatic carbocycles. The number of benzene rings is 1. The van der Waals surface area contributed by atoms with Crippen molar-refractivity contribution >= 4 is 32.3 Å². The highest BCUT2D eigenvalue weighted by molar-refractivity contribution is 7.93. The number of aromatic nitrogens is 2. The van der Waals surface area contributed by atoms with E-state index in [4.69, 9.17) is 0 Å². The quantitative estimate of drug-likeness (QED) is 0.667. The minimum Gasteiger partial charge on any atom is -0.393 e. The second-order valence-corrected chi connectivity index (χ2v) is 10.6. The molecule has 0 saturated carbocycles. The van der Waals surface area contributed by atoms with Crippen LogP contribution in [0.1, 0.15) is 40.5 Å². The highest BCUT2D eigenvalue weighted by Crippen LogP contribution is 2.32. The normalized spacial score (nSPS) is 20.2. The summed E-state index contributed by atoms with van der Waals surface area (Å²) in [7, 11) is -1.75. The Bertz CT molecular complexity index is 1300. The molecule has 1 aliphatic carbocycles. The van der Waals surface area contributed by atoms with E-state index in [1.807, 2.05) is 70.0 Å². The predicted molar refractivity (Wildman–Crippen MR) is 136 cm³/mol. The van der Waals surface area contributed by atoms with E-state index in [1.54, 1.807) is 0 Å². The van der Waals surface area contributed by atoms with Crippen molar-refractivity contribution in [1.29, 1.82) is 0 Å². The number of fused-ring (bicyclic) bond motifs is 1. The predicted octanol–water partition coefficient (Wildman–Crippen LogP) is 4.14. The van der Waals surface area contributed by atoms with Crippen molar-refractivity contribution in [3.05, 3.63) is 64.4 Å². The Morgan fingerprint density at radius 2 is 2.03 bits per heavy atom. The van der Waals surface area contributed by atoms with Gasteiger partial charge in [0.2, 0.25) is 10.0 Å². The summed E-state index contributed by atoms with van der Waals surface area (Å²) >= 11 is 0. The zero-order chi connectivity index (χ0) is 23.8. The van der Waals surface area contributed by atoms with Gasteiger partial charge in [-0.05, 0) is 63.8 Å². The number of sulfonamides is 1. The Labute approximate surface area is 196 Å². The molecule has 8 heteroatoms. The molecule has 2 aliphatic rings. The van der Waals surface area contributed by atoms with Crippen LogP contribution in [0.15, 0.2) is 64.4 Å². The van der Waals surface area contributed by atoms with Gasteiger partial charge in [0.1, 0.15) is 0 Å². The fraction of sp³-hybridized carbons (Fsp3) is 0.400. The van der Waals surface area contributed by atoms with Gasteiger partial charge >= 0.3 is 0 Å². The van der Waals surface area contributed by atoms with E-state index < -0.39 is 10.0 Å². The van der Waals surface area contributed by atoms with Crippen molar-refractivity contribution in [3.63, 3.8) is 0 Å². The van der Waals surface area contributed by atoms with Gasteiger partial charge in [0.25, 0.3) is 0 Å². The van der Waals surface area contributed by atoms with Crippen LogP contribution in [0.5, 0.6) is 0 Å². The number of nitrogens with zero attached hydrogens (tertiary/aromatic N) is 3. The summed E-state index contributed by atoms with van der Waals surface area (Å²) in [5, 5.41) is 8.68. The monoisotopic (exact) mass is 467 g/mol. The fourth-order valence-corrected chi connectivity index (χ4v) is 6.59. The van der Waals surface area contributed by atoms with Gasteiger partial charge in [-0.2, -0.15) is 5.10 Å². The lowest BCUT2D eigenvalue weighted by atomic mass is 10.2. The molecule has 0 bridgehead atoms. The van der Waals surface area contributed by atoms with Gasteiger partial charge in [0.15, 0.2) is 0 Å². The van der Waals surface area contributed by atoms with Crippen molar-refractivity contribution in [2.75, 3.05) is 25.0 Å². The maximum Gasteiger partial charge on any atom is 0.241 e. The smallest absolute Gasteiger partial charge is 0.241 e. The number of hydrogen-bond acceptors (Lipinski definition) is 5. The Hall–Kier alpha value is -2.84. The molecule has 0 spiro atoms. The molecule has 2 N–H and O–H groups in total. The molecule has 176 valence electrons. The first-order chi connectivity index (χ1) is 15.7. The lowest BCUT2D eigenvalue weighted by molar-refractivity contribution is 0.568. The highest BCUT2D eigenvalue weighted by atomic mass is 32.2. The minimum atomic E-state index is -3.61. The zero-order valence-corrected chi connectivity index (χ0v) is 20.8. The Balaban J connectivity index is 1.57. The SMILES string of the molecule is CN/C=C(\C)n1ncc2c(N3CCC(NS(=O)(=O)C4=C(C)C=C(C)CC=C4C)C3)cccc21. The van der Waals surface area contributed by atoms with Crippen LogP contribution >= 0.6 is 0 Å². The van der Waals surface area contributed by atoms with Crippen LogP contribution < -0.4 is 14.9 Å². The van der Waals surface area contributed by atoms with Gasteiger partial charge in [0, 0.05) is 43.5 Å². The van der Waals surface area contributed by atoms with Crippen molar-refractivity contribution in [1.82, 2.24) is 19.8 Å². The number of anilines is 1. The minimum absolute atomic E-state index is 0.146. The highest BCUT2D eigenvalue weighted by Gasteiger charge is 2.31. The molecule has 1 saturated heterocycles. The van der Waals surface area contributed by atoms with E-state index in [0.29, 0.717) is 11.4 Å². The van der Waals surface area contributed by atoms with Gasteiger partial charge in [-0.3, -0.25) is 0 Å². The van der Waals surface area contributed by atoms with E-state index in [0.717, 1.165) is 58.4 Å². The second-order valence-electron chi connectivity index (χ2n) is 8.99. The van der Waals surface area contributed by atoms with Crippen LogP contribution in [0.25, 0.3) is 16.6 Å². The van der Waals surface area contributed by atoms with Gasteiger partial charge in [-0.15, -0.1) is 0 Å². The summed E-state index contributed by atoms with van der Waals surface area (Å²) in [6.07, 6.45) is 9.31. The molecule has 1 fully saturated rings. The Kier molecular flexibility index (Phi) is 6.50. The molecular formula is C25H33N5O2S. The maximum absolute atomic E-state index is 13.3. The maximum atomic E-state index is 13.3. The van der Waals surface area contributed by atoms with Gasteiger partial charge < -0.3 is 10.2 Å². The Morgan fingerprint density at radius 1 is 1.24 bits per heavy atom. The van der Waals surface area contributed by atoms with Gasteiger partial charge in [-0.25, -0.2) is 17.8 Å². The van der Waals surface area contributed by atoms with E-state index >= 15 is 0 Å². The van der Waals surface area contributed by atoms with Crippen LogP contribution in [-0.2, 0) is 10.0 Å². The summed E-state index contributed by atoms with van der Waals surface area (Å²) in [5.74, 6) is 0. The third-order valence-corrected chi connectivity index (χ3v) is 8.13. The fourth-order valence-electron chi connectivity index (χ4n) is 4.85. The average molecular weight is 468 g/mol. The van der Waals surface area contributed by atoms with E-state index in [-0.39, 0.29) is 6.04 Å². The molecule has 2 aromatic rings. The zero-order valence-electron chi connectivity index (χ0n) is 20.0. The van der Waals surface area contributed by atoms with Crippen molar-refractivity contribution < 1.29 is 8.42 Å². The molecule has 1 aromatic heterocycles. The topological polar surface area (TPSA) is 79.3 Å². The van der Waals surface area contributed by atoms with Crippen molar-refractivity contribution in [3.8, 4) is 0 Å². The molecule has 33 heavy (non-hydrogen) atoms.